The van der Waals surface area contributed by atoms with Gasteiger partial charge in [-0.3, -0.25) is 0 Å². The van der Waals surface area contributed by atoms with E-state index in [0.29, 0.717) is 19.8 Å². The van der Waals surface area contributed by atoms with Crippen LogP contribution >= 0.6 is 0 Å². The molecule has 5 heteroatoms. The van der Waals surface area contributed by atoms with E-state index < -0.39 is 5.97 Å². The molecular weight excluding hydrogens is 220 g/mol. The third-order valence-corrected chi connectivity index (χ3v) is 2.03. The Bertz CT molecular complexity index is 377. The summed E-state index contributed by atoms with van der Waals surface area (Å²) in [5.41, 5.74) is 3.78. The first-order valence-corrected chi connectivity index (χ1v) is 5.32. The van der Waals surface area contributed by atoms with Gasteiger partial charge in [0.25, 0.3) is 0 Å². The smallest absolute Gasteiger partial charge is 0.351 e. The Hall–Kier alpha value is -1.88. The van der Waals surface area contributed by atoms with Gasteiger partial charge in [-0.05, 0) is 12.5 Å². The van der Waals surface area contributed by atoms with E-state index in [4.69, 9.17) is 9.84 Å². The minimum absolute atomic E-state index is 0.0352. The fourth-order valence-corrected chi connectivity index (χ4v) is 1.10. The molecule has 1 aromatic rings. The van der Waals surface area contributed by atoms with Crippen LogP contribution in [0, 0.1) is 0 Å². The highest BCUT2D eigenvalue weighted by Crippen LogP contribution is 1.99. The molecule has 1 rings (SSSR count). The molecule has 0 bridgehead atoms. The van der Waals surface area contributed by atoms with E-state index >= 15 is 0 Å². The Morgan fingerprint density at radius 3 is 2.76 bits per heavy atom. The number of aliphatic carboxylic acids is 1. The molecule has 0 heterocycles. The average molecular weight is 236 g/mol. The maximum Gasteiger partial charge on any atom is 0.351 e. The van der Waals surface area contributed by atoms with Crippen LogP contribution in [0.3, 0.4) is 0 Å². The van der Waals surface area contributed by atoms with Crippen molar-refractivity contribution in [3.05, 3.63) is 35.9 Å². The molecular formula is C12H16N2O3. The molecule has 0 saturated heterocycles. The number of benzene rings is 1. The maximum absolute atomic E-state index is 10.4. The van der Waals surface area contributed by atoms with Crippen molar-refractivity contribution >= 4 is 11.7 Å². The van der Waals surface area contributed by atoms with Crippen molar-refractivity contribution < 1.29 is 14.6 Å². The molecule has 0 saturated carbocycles. The number of hydrazone groups is 1. The maximum atomic E-state index is 10.4. The van der Waals surface area contributed by atoms with Gasteiger partial charge in [-0.1, -0.05) is 30.3 Å². The number of hydrogen-bond donors (Lipinski definition) is 2. The third kappa shape index (κ3) is 5.67. The number of hydrogen-bond acceptors (Lipinski definition) is 4. The minimum Gasteiger partial charge on any atom is -0.477 e. The molecule has 5 nitrogen and oxygen atoms in total. The number of carboxylic acids is 1. The molecule has 0 fully saturated rings. The normalized spacial score (nSPS) is 11.2. The highest BCUT2D eigenvalue weighted by atomic mass is 16.5. The second-order valence-electron chi connectivity index (χ2n) is 3.45. The molecule has 1 aromatic carbocycles. The molecule has 0 amide bonds. The Balaban J connectivity index is 2.10. The predicted molar refractivity (Wildman–Crippen MR) is 64.8 cm³/mol. The van der Waals surface area contributed by atoms with Crippen LogP contribution in [0.15, 0.2) is 35.4 Å². The van der Waals surface area contributed by atoms with Crippen LogP contribution in [0.5, 0.6) is 0 Å². The highest BCUT2D eigenvalue weighted by Gasteiger charge is 1.99. The number of carbonyl (C=O) groups is 1. The first kappa shape index (κ1) is 13.2. The molecule has 0 unspecified atom stereocenters. The minimum atomic E-state index is -1.03. The van der Waals surface area contributed by atoms with Crippen LogP contribution in [-0.2, 0) is 16.1 Å². The van der Waals surface area contributed by atoms with Gasteiger partial charge in [0, 0.05) is 0 Å². The fraction of sp³-hybridized carbons (Fsp3) is 0.333. The quantitative estimate of drug-likeness (QED) is 0.424. The topological polar surface area (TPSA) is 70.9 Å². The number of ether oxygens (including phenoxy) is 1. The van der Waals surface area contributed by atoms with Crippen molar-refractivity contribution in [2.24, 2.45) is 5.10 Å². The van der Waals surface area contributed by atoms with E-state index in [2.05, 4.69) is 10.5 Å². The Kier molecular flexibility index (Phi) is 5.74. The number of carboxylic acid groups (broad SMARTS) is 1. The van der Waals surface area contributed by atoms with Crippen LogP contribution in [0.4, 0.5) is 0 Å². The zero-order valence-corrected chi connectivity index (χ0v) is 9.72. The lowest BCUT2D eigenvalue weighted by Crippen LogP contribution is -2.19. The lowest BCUT2D eigenvalue weighted by Gasteiger charge is -2.04. The van der Waals surface area contributed by atoms with Crippen molar-refractivity contribution in [2.45, 2.75) is 13.5 Å². The second kappa shape index (κ2) is 7.40. The van der Waals surface area contributed by atoms with Gasteiger partial charge in [0.1, 0.15) is 5.71 Å². The van der Waals surface area contributed by atoms with Gasteiger partial charge in [0.05, 0.1) is 19.8 Å². The summed E-state index contributed by atoms with van der Waals surface area (Å²) in [6.07, 6.45) is 0. The summed E-state index contributed by atoms with van der Waals surface area (Å²) in [5, 5.41) is 12.2. The largest absolute Gasteiger partial charge is 0.477 e. The summed E-state index contributed by atoms with van der Waals surface area (Å²) in [5.74, 6) is -1.03. The third-order valence-electron chi connectivity index (χ3n) is 2.03. The van der Waals surface area contributed by atoms with E-state index in [0.717, 1.165) is 5.56 Å². The van der Waals surface area contributed by atoms with E-state index in [1.54, 1.807) is 0 Å². The molecule has 0 aliphatic rings. The number of rotatable bonds is 7. The number of nitrogens with zero attached hydrogens (tertiary/aromatic N) is 1. The zero-order chi connectivity index (χ0) is 12.5. The predicted octanol–water partition coefficient (Wildman–Crippen LogP) is 1.25. The lowest BCUT2D eigenvalue weighted by atomic mass is 10.2. The molecule has 92 valence electrons. The summed E-state index contributed by atoms with van der Waals surface area (Å²) in [6, 6.07) is 9.84. The van der Waals surface area contributed by atoms with Crippen LogP contribution < -0.4 is 5.43 Å². The van der Waals surface area contributed by atoms with Crippen molar-refractivity contribution in [3.8, 4) is 0 Å². The van der Waals surface area contributed by atoms with E-state index in [-0.39, 0.29) is 5.71 Å². The first-order chi connectivity index (χ1) is 8.20. The van der Waals surface area contributed by atoms with Gasteiger partial charge in [0.2, 0.25) is 0 Å². The summed E-state index contributed by atoms with van der Waals surface area (Å²) >= 11 is 0. The summed E-state index contributed by atoms with van der Waals surface area (Å²) in [6.45, 7) is 2.94. The Morgan fingerprint density at radius 1 is 1.41 bits per heavy atom. The summed E-state index contributed by atoms with van der Waals surface area (Å²) < 4.78 is 5.38. The highest BCUT2D eigenvalue weighted by molar-refractivity contribution is 6.34. The van der Waals surface area contributed by atoms with Crippen LogP contribution in [0.1, 0.15) is 12.5 Å². The summed E-state index contributed by atoms with van der Waals surface area (Å²) in [7, 11) is 0. The first-order valence-electron chi connectivity index (χ1n) is 5.32. The van der Waals surface area contributed by atoms with E-state index in [9.17, 15) is 4.79 Å². The van der Waals surface area contributed by atoms with Crippen molar-refractivity contribution in [1.29, 1.82) is 0 Å². The summed E-state index contributed by atoms with van der Waals surface area (Å²) in [4.78, 5) is 10.4. The van der Waals surface area contributed by atoms with Gasteiger partial charge in [0.15, 0.2) is 0 Å². The van der Waals surface area contributed by atoms with Crippen molar-refractivity contribution in [3.63, 3.8) is 0 Å². The fourth-order valence-electron chi connectivity index (χ4n) is 1.10. The van der Waals surface area contributed by atoms with Crippen molar-refractivity contribution in [2.75, 3.05) is 13.2 Å². The van der Waals surface area contributed by atoms with Crippen LogP contribution in [0.25, 0.3) is 0 Å². The van der Waals surface area contributed by atoms with Crippen LogP contribution in [0.2, 0.25) is 0 Å². The molecule has 0 aromatic heterocycles. The van der Waals surface area contributed by atoms with Gasteiger partial charge in [-0.2, -0.15) is 5.10 Å². The standard InChI is InChI=1S/C12H16N2O3/c1-10(12(15)16)14-13-7-8-17-9-11-5-3-2-4-6-11/h2-6,13H,7-9H2,1H3,(H,15,16). The zero-order valence-electron chi connectivity index (χ0n) is 9.72. The SMILES string of the molecule is CC(=NNCCOCc1ccccc1)C(=O)O. The molecule has 0 radical (unpaired) electrons. The molecule has 0 spiro atoms. The molecule has 0 aliphatic carbocycles. The van der Waals surface area contributed by atoms with Crippen LogP contribution in [-0.4, -0.2) is 29.9 Å². The Labute approximate surface area is 100 Å². The molecule has 0 aliphatic heterocycles. The van der Waals surface area contributed by atoms with E-state index in [1.807, 2.05) is 30.3 Å². The average Bonchev–Trinajstić information content (AvgIpc) is 2.34. The number of nitrogens with one attached hydrogen (secondary N) is 1. The van der Waals surface area contributed by atoms with Gasteiger partial charge < -0.3 is 15.3 Å². The van der Waals surface area contributed by atoms with Crippen molar-refractivity contribution in [1.82, 2.24) is 5.43 Å². The van der Waals surface area contributed by atoms with Gasteiger partial charge in [-0.15, -0.1) is 0 Å². The van der Waals surface area contributed by atoms with Gasteiger partial charge >= 0.3 is 5.97 Å². The Morgan fingerprint density at radius 2 is 2.12 bits per heavy atom. The monoisotopic (exact) mass is 236 g/mol. The van der Waals surface area contributed by atoms with E-state index in [1.165, 1.54) is 6.92 Å². The lowest BCUT2D eigenvalue weighted by molar-refractivity contribution is -0.129. The molecule has 0 atom stereocenters. The molecule has 17 heavy (non-hydrogen) atoms. The van der Waals surface area contributed by atoms with Gasteiger partial charge in [-0.25, -0.2) is 4.79 Å². The molecule has 2 N–H and O–H groups in total. The second-order valence-corrected chi connectivity index (χ2v) is 3.45.